The summed E-state index contributed by atoms with van der Waals surface area (Å²) in [6.45, 7) is 0.0108. The van der Waals surface area contributed by atoms with Crippen molar-refractivity contribution in [3.8, 4) is 11.5 Å². The van der Waals surface area contributed by atoms with Crippen molar-refractivity contribution in [2.75, 3.05) is 14.2 Å². The van der Waals surface area contributed by atoms with Crippen molar-refractivity contribution in [2.24, 2.45) is 0 Å². The van der Waals surface area contributed by atoms with Crippen molar-refractivity contribution in [1.82, 2.24) is 0 Å². The van der Waals surface area contributed by atoms with E-state index in [0.29, 0.717) is 11.1 Å². The third-order valence-electron chi connectivity index (χ3n) is 3.18. The van der Waals surface area contributed by atoms with Crippen LogP contribution in [0.25, 0.3) is 0 Å². The number of methoxy groups -OCH3 is 2. The summed E-state index contributed by atoms with van der Waals surface area (Å²) >= 11 is 0. The van der Waals surface area contributed by atoms with Gasteiger partial charge in [0.05, 0.1) is 19.8 Å². The maximum atomic E-state index is 12.0. The fraction of sp³-hybridized carbons (Fsp3) is 0.176. The third kappa shape index (κ3) is 3.79. The number of rotatable bonds is 5. The molecule has 0 radical (unpaired) electrons. The summed E-state index contributed by atoms with van der Waals surface area (Å²) in [7, 11) is 2.70. The normalized spacial score (nSPS) is 10.0. The van der Waals surface area contributed by atoms with E-state index in [9.17, 15) is 14.7 Å². The van der Waals surface area contributed by atoms with Crippen molar-refractivity contribution in [3.63, 3.8) is 0 Å². The summed E-state index contributed by atoms with van der Waals surface area (Å²) in [6, 6.07) is 11.0. The summed E-state index contributed by atoms with van der Waals surface area (Å²) in [6.07, 6.45) is 0. The lowest BCUT2D eigenvalue weighted by molar-refractivity contribution is 0.0467. The van der Waals surface area contributed by atoms with Crippen LogP contribution in [0.2, 0.25) is 0 Å². The molecule has 0 aliphatic rings. The minimum absolute atomic E-state index is 0.0108. The van der Waals surface area contributed by atoms with E-state index in [1.807, 2.05) is 0 Å². The first kappa shape index (κ1) is 16.4. The molecular formula is C17H16O6. The van der Waals surface area contributed by atoms with Crippen LogP contribution >= 0.6 is 0 Å². The Morgan fingerprint density at radius 2 is 1.70 bits per heavy atom. The Hall–Kier alpha value is -3.02. The van der Waals surface area contributed by atoms with Crippen molar-refractivity contribution in [3.05, 3.63) is 59.2 Å². The van der Waals surface area contributed by atoms with Gasteiger partial charge in [-0.1, -0.05) is 18.2 Å². The molecule has 0 spiro atoms. The highest BCUT2D eigenvalue weighted by molar-refractivity contribution is 5.93. The van der Waals surface area contributed by atoms with Gasteiger partial charge in [0.25, 0.3) is 0 Å². The van der Waals surface area contributed by atoms with Crippen LogP contribution < -0.4 is 4.74 Å². The van der Waals surface area contributed by atoms with Crippen LogP contribution in [0.1, 0.15) is 26.3 Å². The van der Waals surface area contributed by atoms with Crippen molar-refractivity contribution in [2.45, 2.75) is 6.61 Å². The van der Waals surface area contributed by atoms with E-state index in [4.69, 9.17) is 9.47 Å². The number of ether oxygens (including phenoxy) is 3. The lowest BCUT2D eigenvalue weighted by Crippen LogP contribution is -2.06. The molecule has 0 heterocycles. The third-order valence-corrected chi connectivity index (χ3v) is 3.18. The number of carbonyl (C=O) groups is 2. The largest absolute Gasteiger partial charge is 0.504 e. The molecule has 6 heteroatoms. The number of hydrogen-bond acceptors (Lipinski definition) is 6. The van der Waals surface area contributed by atoms with Crippen LogP contribution in [0.5, 0.6) is 11.5 Å². The Balaban J connectivity index is 2.03. The second-order valence-electron chi connectivity index (χ2n) is 4.62. The Morgan fingerprint density at radius 3 is 2.30 bits per heavy atom. The minimum Gasteiger partial charge on any atom is -0.504 e. The van der Waals surface area contributed by atoms with Gasteiger partial charge in [0.1, 0.15) is 12.2 Å². The summed E-state index contributed by atoms with van der Waals surface area (Å²) in [5.41, 5.74) is 1.14. The monoisotopic (exact) mass is 316 g/mol. The predicted molar refractivity (Wildman–Crippen MR) is 81.6 cm³/mol. The molecular weight excluding hydrogens is 300 g/mol. The number of para-hydroxylation sites is 1. The number of aromatic hydroxyl groups is 1. The van der Waals surface area contributed by atoms with Crippen molar-refractivity contribution in [1.29, 1.82) is 0 Å². The molecule has 23 heavy (non-hydrogen) atoms. The predicted octanol–water partition coefficient (Wildman–Crippen LogP) is 2.54. The lowest BCUT2D eigenvalue weighted by Gasteiger charge is -2.09. The van der Waals surface area contributed by atoms with Gasteiger partial charge in [0, 0.05) is 0 Å². The average molecular weight is 316 g/mol. The van der Waals surface area contributed by atoms with E-state index in [1.165, 1.54) is 26.4 Å². The highest BCUT2D eigenvalue weighted by atomic mass is 16.5. The molecule has 0 atom stereocenters. The maximum absolute atomic E-state index is 12.0. The zero-order valence-corrected chi connectivity index (χ0v) is 12.7. The molecule has 0 fully saturated rings. The molecule has 6 nitrogen and oxygen atoms in total. The number of esters is 2. The van der Waals surface area contributed by atoms with Gasteiger partial charge in [-0.2, -0.15) is 0 Å². The summed E-state index contributed by atoms with van der Waals surface area (Å²) in [4.78, 5) is 23.3. The molecule has 2 rings (SSSR count). The molecule has 0 aromatic heterocycles. The average Bonchev–Trinajstić information content (AvgIpc) is 2.59. The second-order valence-corrected chi connectivity index (χ2v) is 4.62. The lowest BCUT2D eigenvalue weighted by atomic mass is 10.1. The number of benzene rings is 2. The fourth-order valence-electron chi connectivity index (χ4n) is 1.93. The summed E-state index contributed by atoms with van der Waals surface area (Å²) in [5.74, 6) is -1.17. The maximum Gasteiger partial charge on any atom is 0.342 e. The Bertz CT molecular complexity index is 706. The van der Waals surface area contributed by atoms with Gasteiger partial charge in [-0.25, -0.2) is 9.59 Å². The van der Waals surface area contributed by atoms with Gasteiger partial charge in [-0.3, -0.25) is 0 Å². The van der Waals surface area contributed by atoms with Crippen LogP contribution in [-0.2, 0) is 16.1 Å². The fourth-order valence-corrected chi connectivity index (χ4v) is 1.93. The molecule has 0 saturated carbocycles. The Labute approximate surface area is 133 Å². The summed E-state index contributed by atoms with van der Waals surface area (Å²) < 4.78 is 14.7. The molecule has 120 valence electrons. The van der Waals surface area contributed by atoms with Gasteiger partial charge < -0.3 is 19.3 Å². The van der Waals surface area contributed by atoms with Crippen molar-refractivity contribution >= 4 is 11.9 Å². The number of carbonyl (C=O) groups excluding carboxylic acids is 2. The van der Waals surface area contributed by atoms with E-state index in [2.05, 4.69) is 4.74 Å². The summed E-state index contributed by atoms with van der Waals surface area (Å²) in [5, 5.41) is 9.90. The van der Waals surface area contributed by atoms with E-state index >= 15 is 0 Å². The topological polar surface area (TPSA) is 82.1 Å². The van der Waals surface area contributed by atoms with E-state index in [0.717, 1.165) is 0 Å². The van der Waals surface area contributed by atoms with E-state index in [1.54, 1.807) is 30.3 Å². The molecule has 0 aliphatic heterocycles. The molecule has 0 unspecified atom stereocenters. The Kier molecular flexibility index (Phi) is 5.19. The highest BCUT2D eigenvalue weighted by Gasteiger charge is 2.16. The molecule has 0 saturated heterocycles. The van der Waals surface area contributed by atoms with Gasteiger partial charge in [-0.15, -0.1) is 0 Å². The molecule has 2 aromatic rings. The van der Waals surface area contributed by atoms with Crippen LogP contribution in [0.15, 0.2) is 42.5 Å². The van der Waals surface area contributed by atoms with Gasteiger partial charge >= 0.3 is 11.9 Å². The van der Waals surface area contributed by atoms with Gasteiger partial charge in [0.15, 0.2) is 11.5 Å². The minimum atomic E-state index is -0.668. The first-order valence-corrected chi connectivity index (χ1v) is 6.77. The molecule has 2 aromatic carbocycles. The van der Waals surface area contributed by atoms with Crippen LogP contribution in [-0.4, -0.2) is 31.3 Å². The zero-order chi connectivity index (χ0) is 16.8. The zero-order valence-electron chi connectivity index (χ0n) is 12.7. The number of hydrogen-bond donors (Lipinski definition) is 1. The quantitative estimate of drug-likeness (QED) is 0.854. The number of phenolic OH excluding ortho intramolecular Hbond substituents is 1. The van der Waals surface area contributed by atoms with Gasteiger partial charge in [-0.05, 0) is 29.8 Å². The van der Waals surface area contributed by atoms with Crippen LogP contribution in [0.3, 0.4) is 0 Å². The standard InChI is InChI=1S/C17H16O6/c1-21-14-5-3-4-13(15(14)18)17(20)23-10-11-6-8-12(9-7-11)16(19)22-2/h3-9,18H,10H2,1-2H3. The van der Waals surface area contributed by atoms with Crippen molar-refractivity contribution < 1.29 is 28.9 Å². The highest BCUT2D eigenvalue weighted by Crippen LogP contribution is 2.29. The van der Waals surface area contributed by atoms with E-state index < -0.39 is 11.9 Å². The second kappa shape index (κ2) is 7.31. The number of phenols is 1. The SMILES string of the molecule is COC(=O)c1ccc(COC(=O)c2cccc(OC)c2O)cc1. The van der Waals surface area contributed by atoms with Crippen LogP contribution in [0, 0.1) is 0 Å². The Morgan fingerprint density at radius 1 is 1.00 bits per heavy atom. The van der Waals surface area contributed by atoms with E-state index in [-0.39, 0.29) is 23.7 Å². The molecule has 0 amide bonds. The molecule has 0 aliphatic carbocycles. The smallest absolute Gasteiger partial charge is 0.342 e. The molecule has 1 N–H and O–H groups in total. The first-order chi connectivity index (χ1) is 11.1. The molecule has 0 bridgehead atoms. The first-order valence-electron chi connectivity index (χ1n) is 6.77. The van der Waals surface area contributed by atoms with Gasteiger partial charge in [0.2, 0.25) is 0 Å². The van der Waals surface area contributed by atoms with Crippen LogP contribution in [0.4, 0.5) is 0 Å².